The van der Waals surface area contributed by atoms with Crippen LogP contribution < -0.4 is 4.74 Å². The lowest BCUT2D eigenvalue weighted by atomic mass is 10.2. The number of hydrogen-bond acceptors (Lipinski definition) is 5. The molecule has 0 unspecified atom stereocenters. The molecule has 0 aromatic heterocycles. The van der Waals surface area contributed by atoms with Gasteiger partial charge in [0.1, 0.15) is 0 Å². The molecule has 1 aromatic carbocycles. The number of carbonyl (C=O) groups excluding carboxylic acids is 1. The lowest BCUT2D eigenvalue weighted by Gasteiger charge is -2.11. The molecule has 0 aliphatic carbocycles. The number of aliphatic hydroxyl groups is 1. The predicted octanol–water partition coefficient (Wildman–Crippen LogP) is 1.33. The lowest BCUT2D eigenvalue weighted by molar-refractivity contribution is -0.385. The second-order valence-corrected chi connectivity index (χ2v) is 4.46. The van der Waals surface area contributed by atoms with Gasteiger partial charge in [0.2, 0.25) is 5.91 Å². The highest BCUT2D eigenvalue weighted by molar-refractivity contribution is 5.75. The summed E-state index contributed by atoms with van der Waals surface area (Å²) in [4.78, 5) is 23.2. The average molecular weight is 282 g/mol. The molecule has 7 heteroatoms. The first kappa shape index (κ1) is 15.9. The van der Waals surface area contributed by atoms with Crippen molar-refractivity contribution in [3.05, 3.63) is 33.9 Å². The number of nitro benzene ring substituents is 1. The average Bonchev–Trinajstić information content (AvgIpc) is 2.42. The van der Waals surface area contributed by atoms with Crippen molar-refractivity contribution in [2.24, 2.45) is 0 Å². The smallest absolute Gasteiger partial charge is 0.310 e. The summed E-state index contributed by atoms with van der Waals surface area (Å²) >= 11 is 0. The van der Waals surface area contributed by atoms with Gasteiger partial charge in [-0.3, -0.25) is 14.9 Å². The zero-order chi connectivity index (χ0) is 15.1. The van der Waals surface area contributed by atoms with Crippen LogP contribution in [0.15, 0.2) is 18.2 Å². The van der Waals surface area contributed by atoms with E-state index in [9.17, 15) is 14.9 Å². The number of nitro groups is 1. The molecule has 1 aromatic rings. The number of amides is 1. The van der Waals surface area contributed by atoms with E-state index in [0.717, 1.165) is 0 Å². The van der Waals surface area contributed by atoms with Gasteiger partial charge >= 0.3 is 5.69 Å². The van der Waals surface area contributed by atoms with Gasteiger partial charge in [-0.05, 0) is 24.1 Å². The summed E-state index contributed by atoms with van der Waals surface area (Å²) < 4.78 is 5.35. The summed E-state index contributed by atoms with van der Waals surface area (Å²) in [6.45, 7) is -0.0111. The van der Waals surface area contributed by atoms with Crippen molar-refractivity contribution in [1.82, 2.24) is 4.90 Å². The molecule has 0 atom stereocenters. The Labute approximate surface area is 116 Å². The Hall–Kier alpha value is -2.15. The highest BCUT2D eigenvalue weighted by atomic mass is 16.6. The van der Waals surface area contributed by atoms with Gasteiger partial charge in [-0.2, -0.15) is 0 Å². The number of rotatable bonds is 7. The number of ether oxygens (including phenoxy) is 1. The Morgan fingerprint density at radius 2 is 2.15 bits per heavy atom. The Bertz CT molecular complexity index is 488. The van der Waals surface area contributed by atoms with E-state index in [0.29, 0.717) is 18.4 Å². The maximum Gasteiger partial charge on any atom is 0.310 e. The third kappa shape index (κ3) is 4.51. The fourth-order valence-corrected chi connectivity index (χ4v) is 1.55. The van der Waals surface area contributed by atoms with Crippen molar-refractivity contribution in [2.75, 3.05) is 20.7 Å². The quantitative estimate of drug-likeness (QED) is 0.462. The summed E-state index contributed by atoms with van der Waals surface area (Å²) in [5.41, 5.74) is 0.385. The topological polar surface area (TPSA) is 92.9 Å². The minimum Gasteiger partial charge on any atom is -0.487 e. The molecule has 1 amide bonds. The summed E-state index contributed by atoms with van der Waals surface area (Å²) in [6.07, 6.45) is 0.790. The van der Waals surface area contributed by atoms with Crippen LogP contribution in [0.4, 0.5) is 5.69 Å². The van der Waals surface area contributed by atoms with E-state index >= 15 is 0 Å². The standard InChI is InChI=1S/C13H18N2O5/c1-14(2)13(17)4-3-7-20-12-8-10(9-16)5-6-11(12)15(18)19/h5-6,8,16H,3-4,7,9H2,1-2H3. The van der Waals surface area contributed by atoms with Crippen molar-refractivity contribution >= 4 is 11.6 Å². The first-order valence-corrected chi connectivity index (χ1v) is 6.17. The van der Waals surface area contributed by atoms with E-state index < -0.39 is 4.92 Å². The van der Waals surface area contributed by atoms with Crippen molar-refractivity contribution < 1.29 is 19.6 Å². The van der Waals surface area contributed by atoms with Crippen LogP contribution in [0.25, 0.3) is 0 Å². The number of carbonyl (C=O) groups is 1. The predicted molar refractivity (Wildman–Crippen MR) is 72.4 cm³/mol. The molecule has 20 heavy (non-hydrogen) atoms. The van der Waals surface area contributed by atoms with Gasteiger partial charge in [-0.1, -0.05) is 0 Å². The number of nitrogens with zero attached hydrogens (tertiary/aromatic N) is 2. The molecule has 0 aliphatic rings. The van der Waals surface area contributed by atoms with Crippen LogP contribution in [0, 0.1) is 10.1 Å². The Morgan fingerprint density at radius 3 is 2.70 bits per heavy atom. The van der Waals surface area contributed by atoms with E-state index in [1.165, 1.54) is 23.1 Å². The third-order valence-corrected chi connectivity index (χ3v) is 2.69. The molecule has 1 rings (SSSR count). The van der Waals surface area contributed by atoms with E-state index in [2.05, 4.69) is 0 Å². The normalized spacial score (nSPS) is 10.2. The summed E-state index contributed by atoms with van der Waals surface area (Å²) in [7, 11) is 3.33. The first-order valence-electron chi connectivity index (χ1n) is 6.17. The van der Waals surface area contributed by atoms with Crippen molar-refractivity contribution in [1.29, 1.82) is 0 Å². The zero-order valence-electron chi connectivity index (χ0n) is 11.5. The van der Waals surface area contributed by atoms with Crippen molar-refractivity contribution in [3.63, 3.8) is 0 Å². The minimum absolute atomic E-state index is 0.0211. The Balaban J connectivity index is 2.62. The summed E-state index contributed by atoms with van der Waals surface area (Å²) in [5, 5.41) is 19.9. The van der Waals surface area contributed by atoms with Gasteiger partial charge in [0.25, 0.3) is 0 Å². The highest BCUT2D eigenvalue weighted by Crippen LogP contribution is 2.28. The van der Waals surface area contributed by atoms with Gasteiger partial charge < -0.3 is 14.7 Å². The molecule has 0 heterocycles. The maximum atomic E-state index is 11.4. The van der Waals surface area contributed by atoms with Crippen LogP contribution in [-0.4, -0.2) is 41.5 Å². The van der Waals surface area contributed by atoms with Gasteiger partial charge in [0.15, 0.2) is 5.75 Å². The minimum atomic E-state index is -0.540. The van der Waals surface area contributed by atoms with Crippen molar-refractivity contribution in [3.8, 4) is 5.75 Å². The molecule has 110 valence electrons. The molecule has 0 saturated heterocycles. The fourth-order valence-electron chi connectivity index (χ4n) is 1.55. The molecule has 0 aliphatic heterocycles. The van der Waals surface area contributed by atoms with Crippen LogP contribution in [0.3, 0.4) is 0 Å². The fraction of sp³-hybridized carbons (Fsp3) is 0.462. The van der Waals surface area contributed by atoms with E-state index in [-0.39, 0.29) is 30.6 Å². The highest BCUT2D eigenvalue weighted by Gasteiger charge is 2.15. The van der Waals surface area contributed by atoms with E-state index in [1.54, 1.807) is 14.1 Å². The van der Waals surface area contributed by atoms with Crippen LogP contribution in [0.5, 0.6) is 5.75 Å². The van der Waals surface area contributed by atoms with Crippen LogP contribution >= 0.6 is 0 Å². The Morgan fingerprint density at radius 1 is 1.45 bits per heavy atom. The van der Waals surface area contributed by atoms with Gasteiger partial charge in [0.05, 0.1) is 18.1 Å². The Kier molecular flexibility index (Phi) is 5.92. The van der Waals surface area contributed by atoms with E-state index in [4.69, 9.17) is 9.84 Å². The van der Waals surface area contributed by atoms with Gasteiger partial charge in [-0.15, -0.1) is 0 Å². The monoisotopic (exact) mass is 282 g/mol. The molecular formula is C13H18N2O5. The molecule has 0 radical (unpaired) electrons. The molecule has 0 bridgehead atoms. The molecule has 1 N–H and O–H groups in total. The van der Waals surface area contributed by atoms with Crippen LogP contribution in [0.2, 0.25) is 0 Å². The van der Waals surface area contributed by atoms with Crippen molar-refractivity contribution in [2.45, 2.75) is 19.4 Å². The van der Waals surface area contributed by atoms with Crippen LogP contribution in [-0.2, 0) is 11.4 Å². The lowest BCUT2D eigenvalue weighted by Crippen LogP contribution is -2.21. The molecule has 7 nitrogen and oxygen atoms in total. The molecule has 0 fully saturated rings. The second-order valence-electron chi connectivity index (χ2n) is 4.46. The molecule has 0 saturated carbocycles. The van der Waals surface area contributed by atoms with Crippen LogP contribution in [0.1, 0.15) is 18.4 Å². The number of hydrogen-bond donors (Lipinski definition) is 1. The largest absolute Gasteiger partial charge is 0.487 e. The first-order chi connectivity index (χ1) is 9.45. The summed E-state index contributed by atoms with van der Waals surface area (Å²) in [5.74, 6) is 0.0889. The molecular weight excluding hydrogens is 264 g/mol. The maximum absolute atomic E-state index is 11.4. The second kappa shape index (κ2) is 7.44. The van der Waals surface area contributed by atoms with Gasteiger partial charge in [0, 0.05) is 26.6 Å². The molecule has 0 spiro atoms. The third-order valence-electron chi connectivity index (χ3n) is 2.69. The number of benzene rings is 1. The SMILES string of the molecule is CN(C)C(=O)CCCOc1cc(CO)ccc1[N+](=O)[O-]. The van der Waals surface area contributed by atoms with E-state index in [1.807, 2.05) is 0 Å². The number of aliphatic hydroxyl groups excluding tert-OH is 1. The zero-order valence-corrected chi connectivity index (χ0v) is 11.5. The summed E-state index contributed by atoms with van der Waals surface area (Å²) in [6, 6.07) is 4.21. The van der Waals surface area contributed by atoms with Gasteiger partial charge in [-0.25, -0.2) is 0 Å².